The third-order valence-electron chi connectivity index (χ3n) is 6.09. The van der Waals surface area contributed by atoms with Gasteiger partial charge in [0, 0.05) is 31.7 Å². The van der Waals surface area contributed by atoms with Crippen LogP contribution < -0.4 is 9.47 Å². The van der Waals surface area contributed by atoms with Crippen LogP contribution in [0.1, 0.15) is 25.0 Å². The standard InChI is InChI=1S/C30H35N3O3/c1-22(2)33(19-25(34)21-35-26-13-9-6-10-14-26)20-28-29(24-11-7-5-8-12-24)31-32(4)30(28)36-27-17-15-23(3)16-18-27/h5-18,22,25,34H,19-21H2,1-4H3/t25-/m1/s1. The van der Waals surface area contributed by atoms with E-state index in [9.17, 15) is 5.11 Å². The summed E-state index contributed by atoms with van der Waals surface area (Å²) in [6.07, 6.45) is -0.647. The van der Waals surface area contributed by atoms with E-state index in [2.05, 4.69) is 37.8 Å². The van der Waals surface area contributed by atoms with Crippen LogP contribution in [0.2, 0.25) is 0 Å². The zero-order valence-electron chi connectivity index (χ0n) is 21.5. The zero-order valence-corrected chi connectivity index (χ0v) is 21.5. The highest BCUT2D eigenvalue weighted by Crippen LogP contribution is 2.34. The van der Waals surface area contributed by atoms with Crippen molar-refractivity contribution in [1.29, 1.82) is 0 Å². The van der Waals surface area contributed by atoms with Crippen LogP contribution in [0.25, 0.3) is 11.3 Å². The Morgan fingerprint density at radius 1 is 0.889 bits per heavy atom. The second-order valence-corrected chi connectivity index (χ2v) is 9.34. The average molecular weight is 486 g/mol. The van der Waals surface area contributed by atoms with Crippen molar-refractivity contribution in [2.24, 2.45) is 7.05 Å². The topological polar surface area (TPSA) is 59.8 Å². The number of aliphatic hydroxyl groups excluding tert-OH is 1. The molecule has 4 rings (SSSR count). The number of nitrogens with zero attached hydrogens (tertiary/aromatic N) is 3. The Kier molecular flexibility index (Phi) is 8.41. The first kappa shape index (κ1) is 25.5. The molecule has 1 heterocycles. The minimum Gasteiger partial charge on any atom is -0.491 e. The lowest BCUT2D eigenvalue weighted by Gasteiger charge is -2.29. The van der Waals surface area contributed by atoms with Crippen LogP contribution >= 0.6 is 0 Å². The molecule has 0 unspecified atom stereocenters. The summed E-state index contributed by atoms with van der Waals surface area (Å²) in [6, 6.07) is 27.9. The summed E-state index contributed by atoms with van der Waals surface area (Å²) in [5, 5.41) is 15.7. The molecule has 188 valence electrons. The quantitative estimate of drug-likeness (QED) is 0.289. The van der Waals surface area contributed by atoms with Gasteiger partial charge in [0.25, 0.3) is 0 Å². The van der Waals surface area contributed by atoms with E-state index in [1.54, 1.807) is 4.68 Å². The molecule has 1 N–H and O–H groups in total. The van der Waals surface area contributed by atoms with Crippen LogP contribution in [0.5, 0.6) is 17.4 Å². The van der Waals surface area contributed by atoms with Gasteiger partial charge < -0.3 is 14.6 Å². The largest absolute Gasteiger partial charge is 0.491 e. The smallest absolute Gasteiger partial charge is 0.222 e. The number of para-hydroxylation sites is 1. The van der Waals surface area contributed by atoms with Crippen molar-refractivity contribution in [1.82, 2.24) is 14.7 Å². The molecule has 4 aromatic rings. The first-order chi connectivity index (χ1) is 17.4. The van der Waals surface area contributed by atoms with Crippen LogP contribution in [0.3, 0.4) is 0 Å². The number of aliphatic hydroxyl groups is 1. The van der Waals surface area contributed by atoms with Gasteiger partial charge in [-0.2, -0.15) is 5.10 Å². The second-order valence-electron chi connectivity index (χ2n) is 9.34. The van der Waals surface area contributed by atoms with Crippen molar-refractivity contribution in [3.8, 4) is 28.6 Å². The van der Waals surface area contributed by atoms with Crippen molar-refractivity contribution in [2.45, 2.75) is 39.5 Å². The van der Waals surface area contributed by atoms with Gasteiger partial charge in [0.05, 0.1) is 5.56 Å². The van der Waals surface area contributed by atoms with Gasteiger partial charge in [-0.15, -0.1) is 0 Å². The molecule has 0 spiro atoms. The predicted octanol–water partition coefficient (Wildman–Crippen LogP) is 5.84. The predicted molar refractivity (Wildman–Crippen MR) is 143 cm³/mol. The normalized spacial score (nSPS) is 12.2. The maximum Gasteiger partial charge on any atom is 0.222 e. The summed E-state index contributed by atoms with van der Waals surface area (Å²) in [5.74, 6) is 2.20. The van der Waals surface area contributed by atoms with Crippen molar-refractivity contribution < 1.29 is 14.6 Å². The van der Waals surface area contributed by atoms with E-state index in [4.69, 9.17) is 14.6 Å². The van der Waals surface area contributed by atoms with Gasteiger partial charge in [-0.1, -0.05) is 66.2 Å². The highest BCUT2D eigenvalue weighted by atomic mass is 16.5. The third-order valence-corrected chi connectivity index (χ3v) is 6.09. The number of hydrogen-bond donors (Lipinski definition) is 1. The van der Waals surface area contributed by atoms with Gasteiger partial charge in [-0.25, -0.2) is 4.68 Å². The molecule has 36 heavy (non-hydrogen) atoms. The monoisotopic (exact) mass is 485 g/mol. The van der Waals surface area contributed by atoms with Crippen LogP contribution in [-0.2, 0) is 13.6 Å². The molecule has 6 nitrogen and oxygen atoms in total. The summed E-state index contributed by atoms with van der Waals surface area (Å²) in [4.78, 5) is 2.23. The van der Waals surface area contributed by atoms with E-state index < -0.39 is 6.10 Å². The fourth-order valence-corrected chi connectivity index (χ4v) is 4.06. The molecule has 0 fully saturated rings. The second kappa shape index (κ2) is 11.9. The zero-order chi connectivity index (χ0) is 25.5. The molecule has 3 aromatic carbocycles. The van der Waals surface area contributed by atoms with E-state index >= 15 is 0 Å². The molecule has 1 atom stereocenters. The van der Waals surface area contributed by atoms with Gasteiger partial charge >= 0.3 is 0 Å². The number of hydrogen-bond acceptors (Lipinski definition) is 5. The van der Waals surface area contributed by atoms with E-state index in [0.717, 1.165) is 28.3 Å². The molecule has 0 saturated heterocycles. The van der Waals surface area contributed by atoms with Gasteiger partial charge in [0.15, 0.2) is 0 Å². The Hall–Kier alpha value is -3.61. The first-order valence-corrected chi connectivity index (χ1v) is 12.4. The summed E-state index contributed by atoms with van der Waals surface area (Å²) in [6.45, 7) is 7.56. The Labute approximate surface area is 213 Å². The van der Waals surface area contributed by atoms with Crippen LogP contribution in [0.4, 0.5) is 0 Å². The lowest BCUT2D eigenvalue weighted by molar-refractivity contribution is 0.0541. The molecule has 6 heteroatoms. The molecule has 0 saturated carbocycles. The number of aryl methyl sites for hydroxylation is 2. The lowest BCUT2D eigenvalue weighted by Crippen LogP contribution is -2.39. The Balaban J connectivity index is 1.59. The van der Waals surface area contributed by atoms with Gasteiger partial charge in [0.1, 0.15) is 29.9 Å². The summed E-state index contributed by atoms with van der Waals surface area (Å²) in [5.41, 5.74) is 4.06. The summed E-state index contributed by atoms with van der Waals surface area (Å²) >= 11 is 0. The van der Waals surface area contributed by atoms with Crippen molar-refractivity contribution in [2.75, 3.05) is 13.2 Å². The number of aromatic nitrogens is 2. The lowest BCUT2D eigenvalue weighted by atomic mass is 10.1. The molecule has 0 bridgehead atoms. The first-order valence-electron chi connectivity index (χ1n) is 12.4. The third kappa shape index (κ3) is 6.53. The molecule has 0 aliphatic carbocycles. The minimum absolute atomic E-state index is 0.187. The van der Waals surface area contributed by atoms with Crippen LogP contribution in [0, 0.1) is 6.92 Å². The summed E-state index contributed by atoms with van der Waals surface area (Å²) in [7, 11) is 1.90. The number of benzene rings is 3. The maximum absolute atomic E-state index is 10.8. The van der Waals surface area contributed by atoms with Crippen molar-refractivity contribution >= 4 is 0 Å². The van der Waals surface area contributed by atoms with Crippen LogP contribution in [-0.4, -0.2) is 45.1 Å². The fraction of sp³-hybridized carbons (Fsp3) is 0.300. The van der Waals surface area contributed by atoms with Gasteiger partial charge in [-0.05, 0) is 45.0 Å². The van der Waals surface area contributed by atoms with Crippen molar-refractivity contribution in [3.63, 3.8) is 0 Å². The Morgan fingerprint density at radius 2 is 1.53 bits per heavy atom. The fourth-order valence-electron chi connectivity index (χ4n) is 4.06. The Bertz CT molecular complexity index is 1220. The number of rotatable bonds is 11. The highest BCUT2D eigenvalue weighted by Gasteiger charge is 2.24. The highest BCUT2D eigenvalue weighted by molar-refractivity contribution is 5.65. The molecular weight excluding hydrogens is 450 g/mol. The Morgan fingerprint density at radius 3 is 2.17 bits per heavy atom. The number of ether oxygens (including phenoxy) is 2. The SMILES string of the molecule is Cc1ccc(Oc2c(CN(C[C@@H](O)COc3ccccc3)C(C)C)c(-c3ccccc3)nn2C)cc1. The molecule has 0 aliphatic heterocycles. The van der Waals surface area contributed by atoms with E-state index in [1.807, 2.05) is 79.8 Å². The maximum atomic E-state index is 10.8. The van der Waals surface area contributed by atoms with Crippen molar-refractivity contribution in [3.05, 3.63) is 96.1 Å². The molecular formula is C30H35N3O3. The molecule has 0 radical (unpaired) electrons. The average Bonchev–Trinajstić information content (AvgIpc) is 3.19. The minimum atomic E-state index is -0.647. The van der Waals surface area contributed by atoms with Gasteiger partial charge in [0.2, 0.25) is 5.88 Å². The molecule has 1 aromatic heterocycles. The summed E-state index contributed by atoms with van der Waals surface area (Å²) < 4.78 is 14.0. The van der Waals surface area contributed by atoms with E-state index in [-0.39, 0.29) is 12.6 Å². The van der Waals surface area contributed by atoms with E-state index in [1.165, 1.54) is 5.56 Å². The van der Waals surface area contributed by atoms with Crippen LogP contribution in [0.15, 0.2) is 84.9 Å². The molecule has 0 aliphatic rings. The van der Waals surface area contributed by atoms with Gasteiger partial charge in [-0.3, -0.25) is 4.90 Å². The molecule has 0 amide bonds. The van der Waals surface area contributed by atoms with E-state index in [0.29, 0.717) is 19.0 Å².